The van der Waals surface area contributed by atoms with Gasteiger partial charge in [-0.25, -0.2) is 0 Å². The molecule has 1 amide bonds. The molecule has 0 aliphatic carbocycles. The molecular weight excluding hydrogens is 304 g/mol. The number of amides is 1. The van der Waals surface area contributed by atoms with E-state index < -0.39 is 0 Å². The van der Waals surface area contributed by atoms with Crippen molar-refractivity contribution in [3.05, 3.63) is 56.7 Å². The van der Waals surface area contributed by atoms with E-state index in [2.05, 4.69) is 22.5 Å². The number of carbonyl (C=O) groups excluding carboxylic acids is 1. The van der Waals surface area contributed by atoms with Crippen LogP contribution in [0.2, 0.25) is 5.02 Å². The molecule has 3 rings (SSSR count). The van der Waals surface area contributed by atoms with E-state index in [0.717, 1.165) is 23.7 Å². The van der Waals surface area contributed by atoms with Gasteiger partial charge >= 0.3 is 0 Å². The maximum absolute atomic E-state index is 9.22. The maximum atomic E-state index is 9.22. The minimum absolute atomic E-state index is 0.333. The third-order valence-corrected chi connectivity index (χ3v) is 4.21. The van der Waals surface area contributed by atoms with Crippen LogP contribution in [-0.2, 0) is 17.8 Å². The second-order valence-corrected chi connectivity index (χ2v) is 6.06. The predicted molar refractivity (Wildman–Crippen MR) is 90.8 cm³/mol. The Morgan fingerprint density at radius 3 is 2.52 bits per heavy atom. The average Bonchev–Trinajstić information content (AvgIpc) is 2.90. The number of nitrogens with two attached hydrogens (primary N) is 1. The zero-order chi connectivity index (χ0) is 15.7. The monoisotopic (exact) mass is 324 g/mol. The smallest absolute Gasteiger partial charge is 0.214 e. The first-order valence-corrected chi connectivity index (χ1v) is 7.99. The number of aryl methyl sites for hydroxylation is 1. The Morgan fingerprint density at radius 2 is 2.00 bits per heavy atom. The first-order valence-electron chi connectivity index (χ1n) is 6.74. The molecule has 0 atom stereocenters. The fraction of sp³-hybridized carbons (Fsp3) is 0.312. The Balaban J connectivity index is 0.000000171. The van der Waals surface area contributed by atoms with Gasteiger partial charge in [0.2, 0.25) is 5.91 Å². The average molecular weight is 325 g/mol. The first-order chi connectivity index (χ1) is 10.0. The van der Waals surface area contributed by atoms with Gasteiger partial charge in [-0.2, -0.15) is 0 Å². The molecule has 0 radical (unpaired) electrons. The number of thiophene rings is 1. The van der Waals surface area contributed by atoms with Crippen LogP contribution in [0.1, 0.15) is 22.9 Å². The van der Waals surface area contributed by atoms with E-state index in [0.29, 0.717) is 0 Å². The summed E-state index contributed by atoms with van der Waals surface area (Å²) < 4.78 is 0. The van der Waals surface area contributed by atoms with Gasteiger partial charge in [0, 0.05) is 29.9 Å². The molecule has 3 nitrogen and oxygen atoms in total. The van der Waals surface area contributed by atoms with Crippen LogP contribution in [0.3, 0.4) is 0 Å². The van der Waals surface area contributed by atoms with Crippen molar-refractivity contribution in [1.82, 2.24) is 5.32 Å². The van der Waals surface area contributed by atoms with Crippen LogP contribution in [0, 0.1) is 6.92 Å². The van der Waals surface area contributed by atoms with E-state index in [1.54, 1.807) is 4.88 Å². The van der Waals surface area contributed by atoms with Gasteiger partial charge in [-0.1, -0.05) is 29.8 Å². The molecule has 0 saturated heterocycles. The highest BCUT2D eigenvalue weighted by atomic mass is 35.5. The summed E-state index contributed by atoms with van der Waals surface area (Å²) in [7, 11) is 0. The van der Waals surface area contributed by atoms with Gasteiger partial charge in [-0.15, -0.1) is 11.3 Å². The third-order valence-electron chi connectivity index (χ3n) is 2.76. The van der Waals surface area contributed by atoms with Crippen molar-refractivity contribution in [2.45, 2.75) is 26.8 Å². The fourth-order valence-corrected chi connectivity index (χ4v) is 2.76. The summed E-state index contributed by atoms with van der Waals surface area (Å²) in [5.41, 5.74) is 7.11. The number of halogens is 1. The van der Waals surface area contributed by atoms with Gasteiger partial charge in [0.05, 0.1) is 0 Å². The molecule has 1 aliphatic heterocycles. The maximum Gasteiger partial charge on any atom is 0.214 e. The number of primary amides is 1. The van der Waals surface area contributed by atoms with Gasteiger partial charge in [0.25, 0.3) is 0 Å². The Bertz CT molecular complexity index is 523. The number of fused-ring (bicyclic) bond motifs is 1. The summed E-state index contributed by atoms with van der Waals surface area (Å²) >= 11 is 7.59. The molecule has 1 aromatic heterocycles. The Hall–Kier alpha value is -1.36. The number of hydrogen-bond acceptors (Lipinski definition) is 3. The van der Waals surface area contributed by atoms with Crippen molar-refractivity contribution in [3.8, 4) is 0 Å². The lowest BCUT2D eigenvalue weighted by molar-refractivity contribution is -0.115. The molecule has 0 saturated carbocycles. The van der Waals surface area contributed by atoms with Gasteiger partial charge in [-0.3, -0.25) is 4.79 Å². The van der Waals surface area contributed by atoms with E-state index in [4.69, 9.17) is 11.6 Å². The quantitative estimate of drug-likeness (QED) is 0.779. The van der Waals surface area contributed by atoms with E-state index in [9.17, 15) is 4.79 Å². The van der Waals surface area contributed by atoms with Crippen LogP contribution < -0.4 is 11.1 Å². The first kappa shape index (κ1) is 17.7. The zero-order valence-corrected chi connectivity index (χ0v) is 13.9. The molecule has 3 N–H and O–H groups in total. The molecule has 2 aromatic rings. The zero-order valence-electron chi connectivity index (χ0n) is 12.4. The van der Waals surface area contributed by atoms with E-state index in [-0.39, 0.29) is 5.91 Å². The summed E-state index contributed by atoms with van der Waals surface area (Å²) in [5, 5.41) is 6.35. The van der Waals surface area contributed by atoms with Crippen LogP contribution in [-0.4, -0.2) is 12.5 Å². The lowest BCUT2D eigenvalue weighted by atomic mass is 10.1. The van der Waals surface area contributed by atoms with Crippen LogP contribution in [0.5, 0.6) is 0 Å². The lowest BCUT2D eigenvalue weighted by Gasteiger charge is -2.10. The standard InChI is InChI=1S/C7H7Cl.C7H9NS.C2H5NO/c1-6-4-2-3-5-7(6)8;1-3-8-5-6-2-4-9-7(1)6;1-2(3)4/h2-5H,1H3;2,4,8H,1,3,5H2;1H3,(H2,3,4). The van der Waals surface area contributed by atoms with E-state index in [1.807, 2.05) is 42.5 Å². The third kappa shape index (κ3) is 7.27. The number of benzene rings is 1. The van der Waals surface area contributed by atoms with Crippen molar-refractivity contribution in [1.29, 1.82) is 0 Å². The highest BCUT2D eigenvalue weighted by Gasteiger charge is 2.07. The highest BCUT2D eigenvalue weighted by molar-refractivity contribution is 7.10. The number of hydrogen-bond donors (Lipinski definition) is 2. The van der Waals surface area contributed by atoms with E-state index >= 15 is 0 Å². The molecule has 0 bridgehead atoms. The predicted octanol–water partition coefficient (Wildman–Crippen LogP) is 3.53. The van der Waals surface area contributed by atoms with Gasteiger partial charge in [0.15, 0.2) is 0 Å². The topological polar surface area (TPSA) is 55.1 Å². The van der Waals surface area contributed by atoms with E-state index in [1.165, 1.54) is 18.9 Å². The molecule has 1 aromatic carbocycles. The summed E-state index contributed by atoms with van der Waals surface area (Å²) in [4.78, 5) is 10.8. The Labute approximate surface area is 135 Å². The van der Waals surface area contributed by atoms with Crippen LogP contribution in [0.25, 0.3) is 0 Å². The number of carbonyl (C=O) groups is 1. The summed E-state index contributed by atoms with van der Waals surface area (Å²) in [6, 6.07) is 9.99. The SMILES string of the molecule is CC(N)=O.Cc1ccccc1Cl.c1cc2c(s1)CCNC2. The van der Waals surface area contributed by atoms with Gasteiger partial charge < -0.3 is 11.1 Å². The molecular formula is C16H21ClN2OS. The minimum atomic E-state index is -0.333. The summed E-state index contributed by atoms with van der Waals surface area (Å²) in [6.45, 7) is 5.54. The lowest BCUT2D eigenvalue weighted by Crippen LogP contribution is -2.21. The molecule has 21 heavy (non-hydrogen) atoms. The van der Waals surface area contributed by atoms with Crippen molar-refractivity contribution in [3.63, 3.8) is 0 Å². The second kappa shape index (κ2) is 9.55. The number of rotatable bonds is 0. The van der Waals surface area contributed by atoms with Gasteiger partial charge in [0.1, 0.15) is 0 Å². The molecule has 0 fully saturated rings. The summed E-state index contributed by atoms with van der Waals surface area (Å²) in [6.07, 6.45) is 1.23. The van der Waals surface area contributed by atoms with Crippen LogP contribution in [0.4, 0.5) is 0 Å². The van der Waals surface area contributed by atoms with Crippen LogP contribution >= 0.6 is 22.9 Å². The molecule has 1 aliphatic rings. The molecule has 2 heterocycles. The Morgan fingerprint density at radius 1 is 1.33 bits per heavy atom. The fourth-order valence-electron chi connectivity index (χ4n) is 1.72. The minimum Gasteiger partial charge on any atom is -0.370 e. The normalized spacial score (nSPS) is 12.1. The molecule has 0 unspecified atom stereocenters. The van der Waals surface area contributed by atoms with Crippen LogP contribution in [0.15, 0.2) is 35.7 Å². The molecule has 0 spiro atoms. The Kier molecular flexibility index (Phi) is 8.05. The van der Waals surface area contributed by atoms with Crippen molar-refractivity contribution in [2.75, 3.05) is 6.54 Å². The number of nitrogens with one attached hydrogen (secondary N) is 1. The largest absolute Gasteiger partial charge is 0.370 e. The van der Waals surface area contributed by atoms with Crippen molar-refractivity contribution < 1.29 is 4.79 Å². The second-order valence-electron chi connectivity index (χ2n) is 4.66. The molecule has 5 heteroatoms. The highest BCUT2D eigenvalue weighted by Crippen LogP contribution is 2.19. The summed E-state index contributed by atoms with van der Waals surface area (Å²) in [5.74, 6) is -0.333. The van der Waals surface area contributed by atoms with Crippen molar-refractivity contribution >= 4 is 28.8 Å². The van der Waals surface area contributed by atoms with Crippen molar-refractivity contribution in [2.24, 2.45) is 5.73 Å². The molecule has 114 valence electrons. The van der Waals surface area contributed by atoms with Gasteiger partial charge in [-0.05, 0) is 42.0 Å².